The largest absolute Gasteiger partial charge is 0.455 e. The molecule has 0 aliphatic heterocycles. The Hall–Kier alpha value is -2.21. The molecule has 0 unspecified atom stereocenters. The van der Waals surface area contributed by atoms with E-state index in [0.29, 0.717) is 5.02 Å². The molecule has 0 fully saturated rings. The smallest absolute Gasteiger partial charge is 0.321 e. The number of carbonyl (C=O) groups is 2. The number of alkyl halides is 2. The highest BCUT2D eigenvalue weighted by Gasteiger charge is 2.24. The van der Waals surface area contributed by atoms with Gasteiger partial charge in [0.05, 0.1) is 10.6 Å². The van der Waals surface area contributed by atoms with E-state index in [1.807, 2.05) is 0 Å². The number of nitrogens with one attached hydrogen (secondary N) is 1. The van der Waals surface area contributed by atoms with Gasteiger partial charge < -0.3 is 10.1 Å². The van der Waals surface area contributed by atoms with Gasteiger partial charge in [-0.25, -0.2) is 8.42 Å². The van der Waals surface area contributed by atoms with Crippen LogP contribution in [0.15, 0.2) is 58.3 Å². The van der Waals surface area contributed by atoms with Crippen molar-refractivity contribution < 1.29 is 31.5 Å². The third kappa shape index (κ3) is 6.94. The lowest BCUT2D eigenvalue weighted by atomic mass is 10.3. The Morgan fingerprint density at radius 1 is 1.17 bits per heavy atom. The molecule has 2 aromatic carbocycles. The minimum absolute atomic E-state index is 0.0620. The molecule has 0 bridgehead atoms. The van der Waals surface area contributed by atoms with Gasteiger partial charge in [0.2, 0.25) is 10.0 Å². The number of rotatable bonds is 9. The maximum Gasteiger partial charge on any atom is 0.321 e. The number of halogens is 3. The van der Waals surface area contributed by atoms with Gasteiger partial charge in [0.15, 0.2) is 6.61 Å². The van der Waals surface area contributed by atoms with E-state index in [0.717, 1.165) is 4.31 Å². The van der Waals surface area contributed by atoms with Crippen molar-refractivity contribution in [1.29, 1.82) is 0 Å². The van der Waals surface area contributed by atoms with Crippen LogP contribution in [0, 0.1) is 0 Å². The van der Waals surface area contributed by atoms with Crippen LogP contribution in [0.3, 0.4) is 0 Å². The van der Waals surface area contributed by atoms with Gasteiger partial charge in [0.25, 0.3) is 11.7 Å². The zero-order valence-electron chi connectivity index (χ0n) is 15.5. The number of nitrogens with zero attached hydrogens (tertiary/aromatic N) is 1. The first kappa shape index (κ1) is 24.1. The molecule has 0 radical (unpaired) electrons. The first-order chi connectivity index (χ1) is 14.1. The Labute approximate surface area is 181 Å². The number of carbonyl (C=O) groups excluding carboxylic acids is 2. The first-order valence-corrected chi connectivity index (χ1v) is 11.0. The summed E-state index contributed by atoms with van der Waals surface area (Å²) in [6, 6.07) is 11.3. The fraction of sp³-hybridized carbons (Fsp3) is 0.222. The molecule has 0 spiro atoms. The van der Waals surface area contributed by atoms with Crippen LogP contribution in [0.4, 0.5) is 14.5 Å². The molecule has 2 rings (SSSR count). The summed E-state index contributed by atoms with van der Waals surface area (Å²) in [5.41, 5.74) is 0.145. The maximum atomic E-state index is 12.6. The van der Waals surface area contributed by atoms with E-state index in [2.05, 4.69) is 5.32 Å². The fourth-order valence-corrected chi connectivity index (χ4v) is 4.04. The van der Waals surface area contributed by atoms with Crippen LogP contribution in [0.2, 0.25) is 5.02 Å². The maximum absolute atomic E-state index is 12.6. The van der Waals surface area contributed by atoms with Crippen molar-refractivity contribution in [2.45, 2.75) is 15.5 Å². The first-order valence-electron chi connectivity index (χ1n) is 8.31. The third-order valence-corrected chi connectivity index (χ3v) is 6.47. The van der Waals surface area contributed by atoms with Crippen molar-refractivity contribution in [2.24, 2.45) is 0 Å². The van der Waals surface area contributed by atoms with Crippen molar-refractivity contribution in [1.82, 2.24) is 4.31 Å². The van der Waals surface area contributed by atoms with Crippen LogP contribution in [-0.2, 0) is 24.3 Å². The van der Waals surface area contributed by atoms with Gasteiger partial charge in [0.1, 0.15) is 6.54 Å². The van der Waals surface area contributed by atoms with E-state index in [1.165, 1.54) is 49.5 Å². The number of amides is 1. The highest BCUT2D eigenvalue weighted by Crippen LogP contribution is 2.31. The van der Waals surface area contributed by atoms with Crippen LogP contribution in [0.1, 0.15) is 0 Å². The minimum atomic E-state index is -3.96. The van der Waals surface area contributed by atoms with Crippen molar-refractivity contribution in [2.75, 3.05) is 25.5 Å². The average Bonchev–Trinajstić information content (AvgIpc) is 2.68. The second kappa shape index (κ2) is 10.7. The quantitative estimate of drug-likeness (QED) is 0.438. The highest BCUT2D eigenvalue weighted by atomic mass is 35.5. The number of esters is 1. The number of sulfonamides is 1. The van der Waals surface area contributed by atoms with Crippen LogP contribution in [0.25, 0.3) is 0 Å². The Morgan fingerprint density at radius 2 is 1.80 bits per heavy atom. The number of hydrogen-bond acceptors (Lipinski definition) is 6. The van der Waals surface area contributed by atoms with Gasteiger partial charge in [0, 0.05) is 17.0 Å². The van der Waals surface area contributed by atoms with Crippen molar-refractivity contribution >= 4 is 50.9 Å². The summed E-state index contributed by atoms with van der Waals surface area (Å²) >= 11 is 5.99. The van der Waals surface area contributed by atoms with E-state index in [-0.39, 0.29) is 27.2 Å². The van der Waals surface area contributed by atoms with Crippen molar-refractivity contribution in [3.63, 3.8) is 0 Å². The molecule has 0 heterocycles. The summed E-state index contributed by atoms with van der Waals surface area (Å²) in [6.07, 6.45) is 0. The summed E-state index contributed by atoms with van der Waals surface area (Å²) in [5, 5.41) is 2.73. The van der Waals surface area contributed by atoms with Gasteiger partial charge in [-0.15, -0.1) is 0 Å². The van der Waals surface area contributed by atoms with E-state index in [4.69, 9.17) is 16.3 Å². The number of hydrogen-bond donors (Lipinski definition) is 1. The zero-order valence-corrected chi connectivity index (χ0v) is 17.9. The molecule has 162 valence electrons. The summed E-state index contributed by atoms with van der Waals surface area (Å²) in [5.74, 6) is -4.38. The number of anilines is 1. The van der Waals surface area contributed by atoms with Crippen LogP contribution >= 0.6 is 23.4 Å². The molecule has 2 aromatic rings. The summed E-state index contributed by atoms with van der Waals surface area (Å²) in [6.45, 7) is -1.34. The number of likely N-dealkylation sites (N-methyl/N-ethyl adjacent to an activating group) is 1. The van der Waals surface area contributed by atoms with Gasteiger partial charge in [-0.3, -0.25) is 9.59 Å². The Bertz CT molecular complexity index is 1000. The molecule has 30 heavy (non-hydrogen) atoms. The number of ether oxygens (including phenoxy) is 1. The van der Waals surface area contributed by atoms with Gasteiger partial charge in [-0.1, -0.05) is 35.5 Å². The van der Waals surface area contributed by atoms with Crippen LogP contribution < -0.4 is 5.32 Å². The normalized spacial score (nSPS) is 11.5. The predicted octanol–water partition coefficient (Wildman–Crippen LogP) is 3.46. The molecule has 0 aromatic heterocycles. The fourth-order valence-electron chi connectivity index (χ4n) is 2.20. The molecule has 12 heteroatoms. The Balaban J connectivity index is 1.90. The summed E-state index contributed by atoms with van der Waals surface area (Å²) in [4.78, 5) is 24.0. The average molecular weight is 479 g/mol. The molecule has 1 amide bonds. The van der Waals surface area contributed by atoms with Gasteiger partial charge in [-0.05, 0) is 36.4 Å². The molecular weight excluding hydrogens is 462 g/mol. The third-order valence-electron chi connectivity index (χ3n) is 3.62. The minimum Gasteiger partial charge on any atom is -0.455 e. The molecule has 0 aliphatic rings. The van der Waals surface area contributed by atoms with Gasteiger partial charge >= 0.3 is 5.97 Å². The standard InChI is InChI=1S/C18H17ClF2N2O5S2/c1-23(30(26,27)13-8-6-12(19)7-9-13)10-17(25)28-11-16(24)22-14-4-2-3-5-15(14)29-18(20)21/h2-9,18H,10-11H2,1H3,(H,22,24). The number of thioether (sulfide) groups is 1. The molecule has 0 atom stereocenters. The van der Waals surface area contributed by atoms with Crippen molar-refractivity contribution in [3.8, 4) is 0 Å². The molecule has 1 N–H and O–H groups in total. The second-order valence-corrected chi connectivity index (χ2v) is 9.31. The van der Waals surface area contributed by atoms with Crippen LogP contribution in [0.5, 0.6) is 0 Å². The lowest BCUT2D eigenvalue weighted by molar-refractivity contribution is -0.147. The lowest BCUT2D eigenvalue weighted by Crippen LogP contribution is -2.34. The SMILES string of the molecule is CN(CC(=O)OCC(=O)Nc1ccccc1SC(F)F)S(=O)(=O)c1ccc(Cl)cc1. The highest BCUT2D eigenvalue weighted by molar-refractivity contribution is 7.99. The van der Waals surface area contributed by atoms with E-state index < -0.39 is 40.8 Å². The molecule has 0 saturated heterocycles. The van der Waals surface area contributed by atoms with Gasteiger partial charge in [-0.2, -0.15) is 13.1 Å². The monoisotopic (exact) mass is 478 g/mol. The summed E-state index contributed by atoms with van der Waals surface area (Å²) in [7, 11) is -2.77. The summed E-state index contributed by atoms with van der Waals surface area (Å²) < 4.78 is 55.5. The zero-order chi connectivity index (χ0) is 22.3. The van der Waals surface area contributed by atoms with E-state index >= 15 is 0 Å². The lowest BCUT2D eigenvalue weighted by Gasteiger charge is -2.16. The topological polar surface area (TPSA) is 92.8 Å². The molecule has 0 aliphatic carbocycles. The van der Waals surface area contributed by atoms with E-state index in [9.17, 15) is 26.8 Å². The molecule has 0 saturated carbocycles. The number of para-hydroxylation sites is 1. The second-order valence-electron chi connectivity index (χ2n) is 5.80. The number of benzene rings is 2. The predicted molar refractivity (Wildman–Crippen MR) is 109 cm³/mol. The Kier molecular flexibility index (Phi) is 8.59. The Morgan fingerprint density at radius 3 is 2.43 bits per heavy atom. The molecule has 7 nitrogen and oxygen atoms in total. The molecular formula is C18H17ClF2N2O5S2. The van der Waals surface area contributed by atoms with Crippen molar-refractivity contribution in [3.05, 3.63) is 53.6 Å². The van der Waals surface area contributed by atoms with E-state index in [1.54, 1.807) is 6.07 Å². The van der Waals surface area contributed by atoms with Crippen LogP contribution in [-0.4, -0.2) is 50.6 Å².